The first-order valence-electron chi connectivity index (χ1n) is 6.84. The SMILES string of the molecule is Cc1ccc2cccc(OCCn3cc(CN)nn3)c2n1. The molecule has 108 valence electrons. The summed E-state index contributed by atoms with van der Waals surface area (Å²) in [7, 11) is 0. The third kappa shape index (κ3) is 3.00. The van der Waals surface area contributed by atoms with E-state index in [0.29, 0.717) is 19.7 Å². The fourth-order valence-corrected chi connectivity index (χ4v) is 2.12. The van der Waals surface area contributed by atoms with Crippen molar-refractivity contribution in [2.75, 3.05) is 6.61 Å². The minimum absolute atomic E-state index is 0.396. The van der Waals surface area contributed by atoms with Gasteiger partial charge in [0, 0.05) is 23.8 Å². The minimum Gasteiger partial charge on any atom is -0.489 e. The molecule has 0 radical (unpaired) electrons. The van der Waals surface area contributed by atoms with Crippen molar-refractivity contribution in [2.45, 2.75) is 20.0 Å². The van der Waals surface area contributed by atoms with E-state index in [1.54, 1.807) is 4.68 Å². The van der Waals surface area contributed by atoms with Crippen molar-refractivity contribution in [1.82, 2.24) is 20.0 Å². The molecule has 0 spiro atoms. The van der Waals surface area contributed by atoms with Gasteiger partial charge >= 0.3 is 0 Å². The molecule has 0 atom stereocenters. The second-order valence-corrected chi connectivity index (χ2v) is 4.81. The first-order chi connectivity index (χ1) is 10.3. The first-order valence-corrected chi connectivity index (χ1v) is 6.84. The Morgan fingerprint density at radius 3 is 2.95 bits per heavy atom. The van der Waals surface area contributed by atoms with Gasteiger partial charge in [0.05, 0.1) is 12.2 Å². The average Bonchev–Trinajstić information content (AvgIpc) is 2.96. The standard InChI is InChI=1S/C15H17N5O/c1-11-5-6-12-3-2-4-14(15(12)17-11)21-8-7-20-10-13(9-16)18-19-20/h2-6,10H,7-9,16H2,1H3. The van der Waals surface area contributed by atoms with E-state index in [-0.39, 0.29) is 0 Å². The number of pyridine rings is 1. The molecule has 0 bridgehead atoms. The number of fused-ring (bicyclic) bond motifs is 1. The summed E-state index contributed by atoms with van der Waals surface area (Å²) in [5, 5.41) is 9.00. The zero-order chi connectivity index (χ0) is 14.7. The highest BCUT2D eigenvalue weighted by molar-refractivity contribution is 5.84. The van der Waals surface area contributed by atoms with Crippen LogP contribution in [0.4, 0.5) is 0 Å². The van der Waals surface area contributed by atoms with Crippen molar-refractivity contribution < 1.29 is 4.74 Å². The molecule has 6 nitrogen and oxygen atoms in total. The predicted octanol–water partition coefficient (Wildman–Crippen LogP) is 1.67. The van der Waals surface area contributed by atoms with Crippen LogP contribution < -0.4 is 10.5 Å². The lowest BCUT2D eigenvalue weighted by molar-refractivity contribution is 0.292. The number of aryl methyl sites for hydroxylation is 1. The lowest BCUT2D eigenvalue weighted by Crippen LogP contribution is -2.09. The van der Waals surface area contributed by atoms with Crippen LogP contribution in [0.1, 0.15) is 11.4 Å². The van der Waals surface area contributed by atoms with Gasteiger partial charge in [0.25, 0.3) is 0 Å². The Labute approximate surface area is 122 Å². The van der Waals surface area contributed by atoms with Gasteiger partial charge in [0.15, 0.2) is 0 Å². The first kappa shape index (κ1) is 13.5. The van der Waals surface area contributed by atoms with Crippen molar-refractivity contribution in [1.29, 1.82) is 0 Å². The Kier molecular flexibility index (Phi) is 3.79. The van der Waals surface area contributed by atoms with Crippen LogP contribution in [0.25, 0.3) is 10.9 Å². The largest absolute Gasteiger partial charge is 0.489 e. The molecule has 2 N–H and O–H groups in total. The van der Waals surface area contributed by atoms with E-state index >= 15 is 0 Å². The van der Waals surface area contributed by atoms with Crippen LogP contribution in [0, 0.1) is 6.92 Å². The predicted molar refractivity (Wildman–Crippen MR) is 79.9 cm³/mol. The number of para-hydroxylation sites is 1. The maximum atomic E-state index is 5.84. The molecule has 0 saturated heterocycles. The van der Waals surface area contributed by atoms with Crippen molar-refractivity contribution >= 4 is 10.9 Å². The van der Waals surface area contributed by atoms with E-state index in [4.69, 9.17) is 10.5 Å². The van der Waals surface area contributed by atoms with E-state index in [1.807, 2.05) is 37.4 Å². The summed E-state index contributed by atoms with van der Waals surface area (Å²) in [5.41, 5.74) is 8.14. The molecule has 1 aromatic carbocycles. The van der Waals surface area contributed by atoms with Gasteiger partial charge in [0.2, 0.25) is 0 Å². The Bertz CT molecular complexity index is 753. The van der Waals surface area contributed by atoms with Gasteiger partial charge in [-0.1, -0.05) is 23.4 Å². The second kappa shape index (κ2) is 5.88. The molecule has 3 aromatic rings. The van der Waals surface area contributed by atoms with E-state index in [1.165, 1.54) is 0 Å². The van der Waals surface area contributed by atoms with Crippen LogP contribution in [0.2, 0.25) is 0 Å². The molecule has 3 rings (SSSR count). The van der Waals surface area contributed by atoms with Gasteiger partial charge in [-0.05, 0) is 19.1 Å². The Morgan fingerprint density at radius 2 is 2.14 bits per heavy atom. The van der Waals surface area contributed by atoms with E-state index in [9.17, 15) is 0 Å². The van der Waals surface area contributed by atoms with Crippen LogP contribution in [0.15, 0.2) is 36.5 Å². The van der Waals surface area contributed by atoms with Crippen LogP contribution in [0.5, 0.6) is 5.75 Å². The van der Waals surface area contributed by atoms with Crippen molar-refractivity contribution in [2.24, 2.45) is 5.73 Å². The third-order valence-electron chi connectivity index (χ3n) is 3.20. The number of nitrogens with zero attached hydrogens (tertiary/aromatic N) is 4. The summed E-state index contributed by atoms with van der Waals surface area (Å²) >= 11 is 0. The third-order valence-corrected chi connectivity index (χ3v) is 3.20. The molecule has 2 heterocycles. The fourth-order valence-electron chi connectivity index (χ4n) is 2.12. The van der Waals surface area contributed by atoms with E-state index < -0.39 is 0 Å². The smallest absolute Gasteiger partial charge is 0.145 e. The summed E-state index contributed by atoms with van der Waals surface area (Å²) in [6.07, 6.45) is 1.83. The number of hydrogen-bond acceptors (Lipinski definition) is 5. The Morgan fingerprint density at radius 1 is 1.24 bits per heavy atom. The molecular formula is C15H17N5O. The lowest BCUT2D eigenvalue weighted by Gasteiger charge is -2.09. The maximum absolute atomic E-state index is 5.84. The number of hydrogen-bond donors (Lipinski definition) is 1. The summed E-state index contributed by atoms with van der Waals surface area (Å²) < 4.78 is 7.57. The highest BCUT2D eigenvalue weighted by atomic mass is 16.5. The maximum Gasteiger partial charge on any atom is 0.145 e. The molecule has 0 aliphatic carbocycles. The summed E-state index contributed by atoms with van der Waals surface area (Å²) in [6.45, 7) is 3.49. The zero-order valence-corrected chi connectivity index (χ0v) is 11.9. The van der Waals surface area contributed by atoms with E-state index in [2.05, 4.69) is 21.4 Å². The highest BCUT2D eigenvalue weighted by Crippen LogP contribution is 2.23. The summed E-state index contributed by atoms with van der Waals surface area (Å²) in [5.74, 6) is 0.787. The normalized spacial score (nSPS) is 11.0. The van der Waals surface area contributed by atoms with Gasteiger partial charge < -0.3 is 10.5 Å². The molecule has 6 heteroatoms. The van der Waals surface area contributed by atoms with Gasteiger partial charge in [-0.25, -0.2) is 9.67 Å². The van der Waals surface area contributed by atoms with Gasteiger partial charge in [-0.15, -0.1) is 5.10 Å². The molecule has 0 saturated carbocycles. The molecule has 21 heavy (non-hydrogen) atoms. The van der Waals surface area contributed by atoms with Gasteiger partial charge in [-0.3, -0.25) is 0 Å². The summed E-state index contributed by atoms with van der Waals surface area (Å²) in [6, 6.07) is 9.98. The minimum atomic E-state index is 0.396. The fraction of sp³-hybridized carbons (Fsp3) is 0.267. The van der Waals surface area contributed by atoms with Crippen LogP contribution >= 0.6 is 0 Å². The Hall–Kier alpha value is -2.47. The van der Waals surface area contributed by atoms with Crippen molar-refractivity contribution in [3.8, 4) is 5.75 Å². The second-order valence-electron chi connectivity index (χ2n) is 4.81. The van der Waals surface area contributed by atoms with Crippen LogP contribution in [-0.4, -0.2) is 26.6 Å². The zero-order valence-electron chi connectivity index (χ0n) is 11.9. The van der Waals surface area contributed by atoms with Crippen LogP contribution in [0.3, 0.4) is 0 Å². The highest BCUT2D eigenvalue weighted by Gasteiger charge is 2.04. The number of benzene rings is 1. The van der Waals surface area contributed by atoms with Crippen LogP contribution in [-0.2, 0) is 13.1 Å². The number of rotatable bonds is 5. The molecular weight excluding hydrogens is 266 g/mol. The molecule has 0 amide bonds. The molecule has 2 aromatic heterocycles. The summed E-state index contributed by atoms with van der Waals surface area (Å²) in [4.78, 5) is 4.54. The van der Waals surface area contributed by atoms with E-state index in [0.717, 1.165) is 28.0 Å². The molecule has 0 aliphatic heterocycles. The van der Waals surface area contributed by atoms with Gasteiger partial charge in [-0.2, -0.15) is 0 Å². The molecule has 0 fully saturated rings. The average molecular weight is 283 g/mol. The topological polar surface area (TPSA) is 78.9 Å². The number of nitrogens with two attached hydrogens (primary N) is 1. The molecule has 0 unspecified atom stereocenters. The van der Waals surface area contributed by atoms with Gasteiger partial charge in [0.1, 0.15) is 17.9 Å². The quantitative estimate of drug-likeness (QED) is 0.770. The lowest BCUT2D eigenvalue weighted by atomic mass is 10.2. The Balaban J connectivity index is 1.71. The molecule has 0 aliphatic rings. The van der Waals surface area contributed by atoms with Crippen molar-refractivity contribution in [3.63, 3.8) is 0 Å². The number of aromatic nitrogens is 4. The van der Waals surface area contributed by atoms with Crippen molar-refractivity contribution in [3.05, 3.63) is 47.9 Å². The monoisotopic (exact) mass is 283 g/mol. The number of ether oxygens (including phenoxy) is 1.